The van der Waals surface area contributed by atoms with Gasteiger partial charge in [0.2, 0.25) is 5.91 Å². The van der Waals surface area contributed by atoms with E-state index in [-0.39, 0.29) is 36.0 Å². The third-order valence-electron chi connectivity index (χ3n) is 7.09. The van der Waals surface area contributed by atoms with Gasteiger partial charge >= 0.3 is 0 Å². The molecule has 6 nitrogen and oxygen atoms in total. The van der Waals surface area contributed by atoms with Crippen molar-refractivity contribution in [3.05, 3.63) is 78.2 Å². The van der Waals surface area contributed by atoms with Gasteiger partial charge in [-0.3, -0.25) is 4.79 Å². The molecular formula is C30H39N3O3. The van der Waals surface area contributed by atoms with Gasteiger partial charge in [0.25, 0.3) is 0 Å². The van der Waals surface area contributed by atoms with Crippen molar-refractivity contribution >= 4 is 5.91 Å². The molecular weight excluding hydrogens is 450 g/mol. The van der Waals surface area contributed by atoms with Crippen molar-refractivity contribution in [3.8, 4) is 11.3 Å². The Bertz CT molecular complexity index is 1120. The van der Waals surface area contributed by atoms with Crippen molar-refractivity contribution in [1.82, 2.24) is 14.5 Å². The molecule has 1 heterocycles. The molecule has 1 aliphatic carbocycles. The molecule has 1 aromatic heterocycles. The third-order valence-corrected chi connectivity index (χ3v) is 7.09. The highest BCUT2D eigenvalue weighted by Gasteiger charge is 2.40. The number of rotatable bonds is 9. The fourth-order valence-corrected chi connectivity index (χ4v) is 5.34. The number of hydrogen-bond donors (Lipinski definition) is 1. The zero-order valence-electron chi connectivity index (χ0n) is 21.9. The third kappa shape index (κ3) is 6.05. The first kappa shape index (κ1) is 26.1. The Morgan fingerprint density at radius 3 is 2.36 bits per heavy atom. The van der Waals surface area contributed by atoms with Gasteiger partial charge in [-0.1, -0.05) is 87.9 Å². The van der Waals surface area contributed by atoms with Gasteiger partial charge in [-0.15, -0.1) is 0 Å². The maximum Gasteiger partial charge on any atom is 0.249 e. The van der Waals surface area contributed by atoms with E-state index in [2.05, 4.69) is 55.8 Å². The molecule has 2 aromatic carbocycles. The van der Waals surface area contributed by atoms with E-state index in [9.17, 15) is 9.90 Å². The molecule has 36 heavy (non-hydrogen) atoms. The van der Waals surface area contributed by atoms with E-state index in [0.717, 1.165) is 36.3 Å². The van der Waals surface area contributed by atoms with E-state index >= 15 is 0 Å². The molecule has 1 amide bonds. The molecule has 0 aliphatic heterocycles. The van der Waals surface area contributed by atoms with E-state index in [1.54, 1.807) is 7.11 Å². The first-order valence-corrected chi connectivity index (χ1v) is 12.9. The van der Waals surface area contributed by atoms with Crippen LogP contribution in [0.4, 0.5) is 0 Å². The SMILES string of the molecule is COCC(=O)N(C[C@@H]1CCC[C@H]1O)[C@@H](c1nc(-c2ccccc2)cn1Cc1ccccc1)C(C)(C)C. The van der Waals surface area contributed by atoms with Crippen LogP contribution in [0.3, 0.4) is 0 Å². The number of aromatic nitrogens is 2. The molecule has 0 saturated heterocycles. The summed E-state index contributed by atoms with van der Waals surface area (Å²) >= 11 is 0. The molecule has 0 radical (unpaired) electrons. The number of benzene rings is 2. The second-order valence-corrected chi connectivity index (χ2v) is 11.0. The van der Waals surface area contributed by atoms with Gasteiger partial charge in [0.05, 0.1) is 17.8 Å². The highest BCUT2D eigenvalue weighted by Crippen LogP contribution is 2.40. The summed E-state index contributed by atoms with van der Waals surface area (Å²) in [6.45, 7) is 7.60. The fraction of sp³-hybridized carbons (Fsp3) is 0.467. The molecule has 0 bridgehead atoms. The predicted octanol–water partition coefficient (Wildman–Crippen LogP) is 5.32. The molecule has 0 spiro atoms. The largest absolute Gasteiger partial charge is 0.393 e. The Balaban J connectivity index is 1.82. The number of nitrogens with zero attached hydrogens (tertiary/aromatic N) is 3. The van der Waals surface area contributed by atoms with Crippen LogP contribution in [0.25, 0.3) is 11.3 Å². The van der Waals surface area contributed by atoms with Crippen molar-refractivity contribution in [2.75, 3.05) is 20.3 Å². The van der Waals surface area contributed by atoms with Crippen LogP contribution in [-0.4, -0.2) is 51.8 Å². The molecule has 1 saturated carbocycles. The zero-order valence-corrected chi connectivity index (χ0v) is 21.9. The molecule has 192 valence electrons. The lowest BCUT2D eigenvalue weighted by Crippen LogP contribution is -2.47. The monoisotopic (exact) mass is 489 g/mol. The standard InChI is InChI=1S/C30H39N3O3/c1-30(2,3)28(33(27(35)21-36-4)19-24-16-11-17-26(24)34)29-31-25(23-14-9-6-10-15-23)20-32(29)18-22-12-7-5-8-13-22/h5-10,12-15,20,24,26,28,34H,11,16-19,21H2,1-4H3/t24-,26+,28-/m0/s1. The summed E-state index contributed by atoms with van der Waals surface area (Å²) in [5, 5.41) is 10.6. The Kier molecular flexibility index (Phi) is 8.27. The number of hydrogen-bond acceptors (Lipinski definition) is 4. The first-order chi connectivity index (χ1) is 17.3. The van der Waals surface area contributed by atoms with E-state index in [4.69, 9.17) is 9.72 Å². The van der Waals surface area contributed by atoms with Gasteiger partial charge < -0.3 is 19.3 Å². The van der Waals surface area contributed by atoms with Crippen molar-refractivity contribution in [2.45, 2.75) is 58.7 Å². The quantitative estimate of drug-likeness (QED) is 0.442. The molecule has 4 rings (SSSR count). The molecule has 6 heteroatoms. The first-order valence-electron chi connectivity index (χ1n) is 12.9. The summed E-state index contributed by atoms with van der Waals surface area (Å²) in [7, 11) is 1.55. The Labute approximate surface area is 214 Å². The van der Waals surface area contributed by atoms with Crippen LogP contribution >= 0.6 is 0 Å². The lowest BCUT2D eigenvalue weighted by atomic mass is 9.84. The highest BCUT2D eigenvalue weighted by molar-refractivity contribution is 5.78. The smallest absolute Gasteiger partial charge is 0.249 e. The topological polar surface area (TPSA) is 67.6 Å². The maximum absolute atomic E-state index is 13.5. The van der Waals surface area contributed by atoms with Crippen LogP contribution in [0.5, 0.6) is 0 Å². The second kappa shape index (κ2) is 11.4. The molecule has 1 aliphatic rings. The van der Waals surface area contributed by atoms with E-state index < -0.39 is 0 Å². The number of carbonyl (C=O) groups is 1. The molecule has 3 atom stereocenters. The summed E-state index contributed by atoms with van der Waals surface area (Å²) in [6, 6.07) is 20.2. The Hall–Kier alpha value is -2.96. The summed E-state index contributed by atoms with van der Waals surface area (Å²) < 4.78 is 7.48. The van der Waals surface area contributed by atoms with Gasteiger partial charge in [-0.25, -0.2) is 4.98 Å². The summed E-state index contributed by atoms with van der Waals surface area (Å²) in [5.41, 5.74) is 2.79. The summed E-state index contributed by atoms with van der Waals surface area (Å²) in [4.78, 5) is 20.6. The van der Waals surface area contributed by atoms with Crippen LogP contribution in [0.15, 0.2) is 66.9 Å². The molecule has 1 fully saturated rings. The number of aliphatic hydroxyl groups is 1. The van der Waals surface area contributed by atoms with Gasteiger partial charge in [-0.2, -0.15) is 0 Å². The van der Waals surface area contributed by atoms with Crippen LogP contribution in [-0.2, 0) is 16.1 Å². The lowest BCUT2D eigenvalue weighted by Gasteiger charge is -2.41. The number of aliphatic hydroxyl groups excluding tert-OH is 1. The van der Waals surface area contributed by atoms with Crippen molar-refractivity contribution in [2.24, 2.45) is 11.3 Å². The predicted molar refractivity (Wildman–Crippen MR) is 142 cm³/mol. The second-order valence-electron chi connectivity index (χ2n) is 11.0. The number of ether oxygens (including phenoxy) is 1. The van der Waals surface area contributed by atoms with Gasteiger partial charge in [0.15, 0.2) is 0 Å². The van der Waals surface area contributed by atoms with Crippen molar-refractivity contribution in [3.63, 3.8) is 0 Å². The Morgan fingerprint density at radius 2 is 1.78 bits per heavy atom. The molecule has 3 aromatic rings. The average molecular weight is 490 g/mol. The minimum atomic E-state index is -0.382. The fourth-order valence-electron chi connectivity index (χ4n) is 5.34. The maximum atomic E-state index is 13.5. The minimum Gasteiger partial charge on any atom is -0.393 e. The summed E-state index contributed by atoms with van der Waals surface area (Å²) in [5.74, 6) is 0.830. The van der Waals surface area contributed by atoms with Crippen LogP contribution in [0.2, 0.25) is 0 Å². The Morgan fingerprint density at radius 1 is 1.11 bits per heavy atom. The van der Waals surface area contributed by atoms with Crippen molar-refractivity contribution in [1.29, 1.82) is 0 Å². The van der Waals surface area contributed by atoms with E-state index in [1.165, 1.54) is 5.56 Å². The number of imidazole rings is 1. The number of methoxy groups -OCH3 is 1. The van der Waals surface area contributed by atoms with Crippen LogP contribution < -0.4 is 0 Å². The average Bonchev–Trinajstić information content (AvgIpc) is 3.45. The zero-order chi connectivity index (χ0) is 25.7. The van der Waals surface area contributed by atoms with Gasteiger partial charge in [-0.05, 0) is 23.8 Å². The van der Waals surface area contributed by atoms with Gasteiger partial charge in [0.1, 0.15) is 12.4 Å². The van der Waals surface area contributed by atoms with Crippen LogP contribution in [0, 0.1) is 11.3 Å². The van der Waals surface area contributed by atoms with Crippen molar-refractivity contribution < 1.29 is 14.6 Å². The highest BCUT2D eigenvalue weighted by atomic mass is 16.5. The van der Waals surface area contributed by atoms with Crippen LogP contribution in [0.1, 0.15) is 57.5 Å². The normalized spacial score (nSPS) is 18.8. The van der Waals surface area contributed by atoms with E-state index in [0.29, 0.717) is 13.1 Å². The number of amides is 1. The van der Waals surface area contributed by atoms with E-state index in [1.807, 2.05) is 41.3 Å². The summed E-state index contributed by atoms with van der Waals surface area (Å²) in [6.07, 6.45) is 4.41. The molecule has 1 N–H and O–H groups in total. The lowest BCUT2D eigenvalue weighted by molar-refractivity contribution is -0.142. The molecule has 0 unspecified atom stereocenters. The number of carbonyl (C=O) groups excluding carboxylic acids is 1. The minimum absolute atomic E-state index is 0.000329. The van der Waals surface area contributed by atoms with Gasteiger partial charge in [0, 0.05) is 37.9 Å².